The minimum atomic E-state index is 0.0712. The fourth-order valence-electron chi connectivity index (χ4n) is 3.96. The molecule has 7 nitrogen and oxygen atoms in total. The maximum absolute atomic E-state index is 12.6. The molecule has 0 aromatic carbocycles. The van der Waals surface area contributed by atoms with Gasteiger partial charge in [-0.25, -0.2) is 0 Å². The first-order valence-electron chi connectivity index (χ1n) is 10.7. The Bertz CT molecular complexity index is 606. The lowest BCUT2D eigenvalue weighted by Gasteiger charge is -2.34. The molecule has 2 heterocycles. The van der Waals surface area contributed by atoms with Crippen LogP contribution in [0, 0.1) is 11.3 Å². The quantitative estimate of drug-likeness (QED) is 0.659. The fourth-order valence-corrected chi connectivity index (χ4v) is 3.96. The number of rotatable bonds is 10. The average Bonchev–Trinajstić information content (AvgIpc) is 3.12. The largest absolute Gasteiger partial charge is 0.355 e. The van der Waals surface area contributed by atoms with Crippen molar-refractivity contribution in [3.63, 3.8) is 0 Å². The number of unbranched alkanes of at least 4 members (excludes halogenated alkanes) is 1. The van der Waals surface area contributed by atoms with Crippen LogP contribution in [0.4, 0.5) is 0 Å². The van der Waals surface area contributed by atoms with E-state index in [2.05, 4.69) is 67.0 Å². The van der Waals surface area contributed by atoms with Crippen LogP contribution in [0.5, 0.6) is 0 Å². The van der Waals surface area contributed by atoms with Crippen molar-refractivity contribution in [3.05, 3.63) is 11.7 Å². The molecule has 1 N–H and O–H groups in total. The summed E-state index contributed by atoms with van der Waals surface area (Å²) in [6, 6.07) is 0.103. The third kappa shape index (κ3) is 6.85. The Morgan fingerprint density at radius 3 is 2.64 bits per heavy atom. The molecule has 0 saturated carbocycles. The van der Waals surface area contributed by atoms with Crippen LogP contribution >= 0.6 is 0 Å². The van der Waals surface area contributed by atoms with Gasteiger partial charge in [0.25, 0.3) is 0 Å². The minimum absolute atomic E-state index is 0.0712. The predicted octanol–water partition coefficient (Wildman–Crippen LogP) is 2.89. The highest BCUT2D eigenvalue weighted by Crippen LogP contribution is 2.26. The van der Waals surface area contributed by atoms with E-state index in [1.165, 1.54) is 0 Å². The van der Waals surface area contributed by atoms with E-state index in [0.29, 0.717) is 12.4 Å². The first-order chi connectivity index (χ1) is 13.2. The number of aryl methyl sites for hydroxylation is 1. The Labute approximate surface area is 170 Å². The Balaban J connectivity index is 1.78. The summed E-state index contributed by atoms with van der Waals surface area (Å²) in [7, 11) is 4.13. The Hall–Kier alpha value is -1.47. The van der Waals surface area contributed by atoms with E-state index in [-0.39, 0.29) is 23.3 Å². The molecule has 1 aliphatic heterocycles. The van der Waals surface area contributed by atoms with Gasteiger partial charge in [-0.3, -0.25) is 9.69 Å². The van der Waals surface area contributed by atoms with Crippen molar-refractivity contribution in [2.75, 3.05) is 40.3 Å². The first kappa shape index (κ1) is 22.8. The van der Waals surface area contributed by atoms with Gasteiger partial charge in [-0.1, -0.05) is 32.3 Å². The molecular weight excluding hydrogens is 354 g/mol. The zero-order valence-electron chi connectivity index (χ0n) is 18.6. The van der Waals surface area contributed by atoms with Crippen molar-refractivity contribution < 1.29 is 9.32 Å². The Kier molecular flexibility index (Phi) is 8.43. The number of aromatic nitrogens is 2. The summed E-state index contributed by atoms with van der Waals surface area (Å²) in [5, 5.41) is 7.27. The number of nitrogens with one attached hydrogen (secondary N) is 1. The maximum atomic E-state index is 12.6. The summed E-state index contributed by atoms with van der Waals surface area (Å²) in [6.07, 6.45) is 4.84. The van der Waals surface area contributed by atoms with Crippen molar-refractivity contribution in [2.24, 2.45) is 11.3 Å². The van der Waals surface area contributed by atoms with E-state index in [1.807, 2.05) is 0 Å². The summed E-state index contributed by atoms with van der Waals surface area (Å²) in [5.74, 6) is 1.79. The number of piperidine rings is 1. The summed E-state index contributed by atoms with van der Waals surface area (Å²) in [4.78, 5) is 21.7. The normalized spacial score (nSPS) is 17.8. The number of carbonyl (C=O) groups excluding carboxylic acids is 1. The van der Waals surface area contributed by atoms with E-state index in [0.717, 1.165) is 57.6 Å². The van der Waals surface area contributed by atoms with Crippen LogP contribution < -0.4 is 5.32 Å². The molecule has 1 atom stereocenters. The van der Waals surface area contributed by atoms with Gasteiger partial charge in [0.1, 0.15) is 0 Å². The highest BCUT2D eigenvalue weighted by atomic mass is 16.5. The van der Waals surface area contributed by atoms with Gasteiger partial charge in [0.15, 0.2) is 5.82 Å². The van der Waals surface area contributed by atoms with Crippen molar-refractivity contribution in [2.45, 2.75) is 65.8 Å². The molecule has 28 heavy (non-hydrogen) atoms. The molecule has 2 rings (SSSR count). The topological polar surface area (TPSA) is 74.5 Å². The van der Waals surface area contributed by atoms with Gasteiger partial charge in [0.2, 0.25) is 11.8 Å². The molecule has 1 saturated heterocycles. The summed E-state index contributed by atoms with van der Waals surface area (Å²) in [5.41, 5.74) is 0.0712. The second kappa shape index (κ2) is 10.3. The Morgan fingerprint density at radius 2 is 2.04 bits per heavy atom. The fraction of sp³-hybridized carbons (Fsp3) is 0.857. The molecule has 7 heteroatoms. The van der Waals surface area contributed by atoms with Crippen LogP contribution in [0.25, 0.3) is 0 Å². The lowest BCUT2D eigenvalue weighted by molar-refractivity contribution is -0.127. The third-order valence-electron chi connectivity index (χ3n) is 5.53. The van der Waals surface area contributed by atoms with E-state index < -0.39 is 0 Å². The predicted molar refractivity (Wildman–Crippen MR) is 111 cm³/mol. The van der Waals surface area contributed by atoms with Gasteiger partial charge >= 0.3 is 0 Å². The first-order valence-corrected chi connectivity index (χ1v) is 10.7. The second-order valence-corrected chi connectivity index (χ2v) is 9.26. The van der Waals surface area contributed by atoms with Crippen LogP contribution in [0.1, 0.15) is 71.1 Å². The zero-order chi connectivity index (χ0) is 20.7. The number of hydrogen-bond donors (Lipinski definition) is 1. The molecule has 0 radical (unpaired) electrons. The van der Waals surface area contributed by atoms with E-state index in [9.17, 15) is 4.79 Å². The van der Waals surface area contributed by atoms with Gasteiger partial charge < -0.3 is 14.7 Å². The van der Waals surface area contributed by atoms with Crippen LogP contribution in [-0.2, 0) is 11.2 Å². The SMILES string of the molecule is CCCCc1noc([C@@H](C)N2CCC(C(=O)NCC(C)(C)CN(C)C)CC2)n1. The van der Waals surface area contributed by atoms with Crippen LogP contribution in [0.3, 0.4) is 0 Å². The van der Waals surface area contributed by atoms with E-state index in [4.69, 9.17) is 4.52 Å². The van der Waals surface area contributed by atoms with E-state index >= 15 is 0 Å². The summed E-state index contributed by atoms with van der Waals surface area (Å²) < 4.78 is 5.47. The molecule has 160 valence electrons. The number of nitrogens with zero attached hydrogens (tertiary/aromatic N) is 4. The van der Waals surface area contributed by atoms with Crippen LogP contribution in [0.15, 0.2) is 4.52 Å². The molecular formula is C21H39N5O2. The summed E-state index contributed by atoms with van der Waals surface area (Å²) in [6.45, 7) is 12.1. The van der Waals surface area contributed by atoms with Crippen molar-refractivity contribution in [1.29, 1.82) is 0 Å². The standard InChI is InChI=1S/C21H39N5O2/c1-7-8-9-18-23-20(28-24-18)16(2)26-12-10-17(11-13-26)19(27)22-14-21(3,4)15-25(5)6/h16-17H,7-15H2,1-6H3,(H,22,27)/t16-/m1/s1. The van der Waals surface area contributed by atoms with Gasteiger partial charge in [-0.15, -0.1) is 0 Å². The van der Waals surface area contributed by atoms with Crippen molar-refractivity contribution in [3.8, 4) is 0 Å². The molecule has 1 amide bonds. The molecule has 1 aromatic rings. The van der Waals surface area contributed by atoms with Gasteiger partial charge in [0.05, 0.1) is 6.04 Å². The smallest absolute Gasteiger partial charge is 0.243 e. The maximum Gasteiger partial charge on any atom is 0.243 e. The minimum Gasteiger partial charge on any atom is -0.355 e. The molecule has 0 spiro atoms. The molecule has 0 unspecified atom stereocenters. The Morgan fingerprint density at radius 1 is 1.36 bits per heavy atom. The monoisotopic (exact) mass is 393 g/mol. The molecule has 0 bridgehead atoms. The molecule has 1 aliphatic rings. The van der Waals surface area contributed by atoms with E-state index in [1.54, 1.807) is 0 Å². The number of likely N-dealkylation sites (tertiary alicyclic amines) is 1. The third-order valence-corrected chi connectivity index (χ3v) is 5.53. The number of amides is 1. The lowest BCUT2D eigenvalue weighted by Crippen LogP contribution is -2.45. The zero-order valence-corrected chi connectivity index (χ0v) is 18.6. The highest BCUT2D eigenvalue weighted by molar-refractivity contribution is 5.78. The van der Waals surface area contributed by atoms with Crippen molar-refractivity contribution >= 4 is 5.91 Å². The molecule has 1 fully saturated rings. The molecule has 0 aliphatic carbocycles. The lowest BCUT2D eigenvalue weighted by atomic mass is 9.91. The summed E-state index contributed by atoms with van der Waals surface area (Å²) >= 11 is 0. The molecule has 1 aromatic heterocycles. The van der Waals surface area contributed by atoms with Gasteiger partial charge in [-0.05, 0) is 58.8 Å². The van der Waals surface area contributed by atoms with Gasteiger partial charge in [-0.2, -0.15) is 4.98 Å². The number of carbonyl (C=O) groups is 1. The second-order valence-electron chi connectivity index (χ2n) is 9.26. The average molecular weight is 394 g/mol. The van der Waals surface area contributed by atoms with Crippen molar-refractivity contribution in [1.82, 2.24) is 25.3 Å². The van der Waals surface area contributed by atoms with Gasteiger partial charge in [0, 0.05) is 25.4 Å². The van der Waals surface area contributed by atoms with Crippen LogP contribution in [-0.4, -0.2) is 66.1 Å². The highest BCUT2D eigenvalue weighted by Gasteiger charge is 2.30. The van der Waals surface area contributed by atoms with Crippen LogP contribution in [0.2, 0.25) is 0 Å². The number of hydrogen-bond acceptors (Lipinski definition) is 6.